The predicted molar refractivity (Wildman–Crippen MR) is 97.5 cm³/mol. The number of hydrogen-bond acceptors (Lipinski definition) is 3. The average molecular weight is 353 g/mol. The first-order valence-electron chi connectivity index (χ1n) is 8.05. The van der Waals surface area contributed by atoms with Crippen molar-refractivity contribution in [2.75, 3.05) is 0 Å². The van der Waals surface area contributed by atoms with E-state index < -0.39 is 15.4 Å². The highest BCUT2D eigenvalue weighted by Gasteiger charge is 2.23. The van der Waals surface area contributed by atoms with Crippen molar-refractivity contribution >= 4 is 9.84 Å². The molecule has 4 nitrogen and oxygen atoms in total. The van der Waals surface area contributed by atoms with Gasteiger partial charge in [0, 0.05) is 5.69 Å². The number of rotatable bonds is 5. The van der Waals surface area contributed by atoms with E-state index in [-0.39, 0.29) is 9.79 Å². The predicted octanol–water partition coefficient (Wildman–Crippen LogP) is 3.30. The normalized spacial score (nSPS) is 11.4. The number of benzene rings is 2. The summed E-state index contributed by atoms with van der Waals surface area (Å²) in [7, 11) is -3.83. The molecule has 1 N–H and O–H groups in total. The van der Waals surface area contributed by atoms with Gasteiger partial charge in [-0.1, -0.05) is 48.5 Å². The van der Waals surface area contributed by atoms with Crippen LogP contribution in [0.4, 0.5) is 0 Å². The molecule has 0 amide bonds. The van der Waals surface area contributed by atoms with E-state index in [1.54, 1.807) is 31.2 Å². The van der Waals surface area contributed by atoms with Gasteiger partial charge in [0.15, 0.2) is 0 Å². The molecule has 0 aliphatic heterocycles. The van der Waals surface area contributed by atoms with E-state index in [9.17, 15) is 13.2 Å². The highest BCUT2D eigenvalue weighted by Crippen LogP contribution is 2.21. The average Bonchev–Trinajstić information content (AvgIpc) is 2.61. The Morgan fingerprint density at radius 1 is 0.880 bits per heavy atom. The smallest absolute Gasteiger partial charge is 0.267 e. The number of pyridine rings is 1. The summed E-state index contributed by atoms with van der Waals surface area (Å²) in [6.07, 6.45) is 1.42. The molecule has 0 radical (unpaired) electrons. The van der Waals surface area contributed by atoms with Gasteiger partial charge < -0.3 is 4.98 Å². The Balaban J connectivity index is 1.92. The maximum atomic E-state index is 12.7. The van der Waals surface area contributed by atoms with E-state index in [2.05, 4.69) is 4.98 Å². The fraction of sp³-hybridized carbons (Fsp3) is 0.150. The molecule has 0 unspecified atom stereocenters. The van der Waals surface area contributed by atoms with Gasteiger partial charge in [0.1, 0.15) is 4.90 Å². The Bertz CT molecular complexity index is 1020. The van der Waals surface area contributed by atoms with Crippen molar-refractivity contribution < 1.29 is 8.42 Å². The van der Waals surface area contributed by atoms with E-state index in [1.807, 2.05) is 30.3 Å². The van der Waals surface area contributed by atoms with E-state index in [4.69, 9.17) is 0 Å². The molecule has 1 heterocycles. The van der Waals surface area contributed by atoms with Gasteiger partial charge in [-0.15, -0.1) is 0 Å². The lowest BCUT2D eigenvalue weighted by molar-refractivity contribution is 0.593. The minimum atomic E-state index is -3.83. The highest BCUT2D eigenvalue weighted by atomic mass is 32.2. The van der Waals surface area contributed by atoms with Crippen LogP contribution in [0.3, 0.4) is 0 Å². The molecule has 0 bridgehead atoms. The van der Waals surface area contributed by atoms with Crippen LogP contribution in [0.2, 0.25) is 0 Å². The van der Waals surface area contributed by atoms with Crippen molar-refractivity contribution in [1.29, 1.82) is 0 Å². The molecule has 0 fully saturated rings. The molecule has 0 spiro atoms. The molecule has 5 heteroatoms. The minimum Gasteiger partial charge on any atom is -0.325 e. The standard InChI is InChI=1S/C20H19NO3S/c1-15-14-17(13-12-16-8-4-2-5-9-16)21-20(22)19(15)25(23,24)18-10-6-3-7-11-18/h2-11,14H,12-13H2,1H3,(H,21,22). The third kappa shape index (κ3) is 3.72. The molecule has 2 aromatic carbocycles. The summed E-state index contributed by atoms with van der Waals surface area (Å²) in [6, 6.07) is 19.7. The maximum Gasteiger partial charge on any atom is 0.267 e. The number of aromatic nitrogens is 1. The second-order valence-electron chi connectivity index (χ2n) is 5.94. The Hall–Kier alpha value is -2.66. The van der Waals surface area contributed by atoms with Crippen LogP contribution < -0.4 is 5.56 Å². The Labute approximate surface area is 147 Å². The molecule has 128 valence electrons. The van der Waals surface area contributed by atoms with Gasteiger partial charge in [-0.2, -0.15) is 0 Å². The largest absolute Gasteiger partial charge is 0.325 e. The van der Waals surface area contributed by atoms with Crippen molar-refractivity contribution in [1.82, 2.24) is 4.98 Å². The fourth-order valence-electron chi connectivity index (χ4n) is 2.85. The van der Waals surface area contributed by atoms with Crippen molar-refractivity contribution in [3.63, 3.8) is 0 Å². The number of hydrogen-bond donors (Lipinski definition) is 1. The number of aromatic amines is 1. The van der Waals surface area contributed by atoms with Crippen LogP contribution in [0.1, 0.15) is 16.8 Å². The monoisotopic (exact) mass is 353 g/mol. The number of H-pyrrole nitrogens is 1. The Morgan fingerprint density at radius 3 is 2.08 bits per heavy atom. The summed E-state index contributed by atoms with van der Waals surface area (Å²) in [6.45, 7) is 1.66. The lowest BCUT2D eigenvalue weighted by atomic mass is 10.1. The zero-order chi connectivity index (χ0) is 17.9. The third-order valence-electron chi connectivity index (χ3n) is 4.08. The summed E-state index contributed by atoms with van der Waals surface area (Å²) < 4.78 is 25.5. The summed E-state index contributed by atoms with van der Waals surface area (Å²) in [5, 5.41) is 0. The first-order valence-corrected chi connectivity index (χ1v) is 9.53. The van der Waals surface area contributed by atoms with Gasteiger partial charge >= 0.3 is 0 Å². The van der Waals surface area contributed by atoms with E-state index >= 15 is 0 Å². The zero-order valence-electron chi connectivity index (χ0n) is 13.9. The molecule has 0 aliphatic carbocycles. The molecular weight excluding hydrogens is 334 g/mol. The summed E-state index contributed by atoms with van der Waals surface area (Å²) >= 11 is 0. The Kier molecular flexibility index (Phi) is 4.86. The molecule has 3 rings (SSSR count). The van der Waals surface area contributed by atoms with Crippen molar-refractivity contribution in [3.8, 4) is 0 Å². The molecule has 0 aliphatic rings. The number of aryl methyl sites for hydroxylation is 3. The minimum absolute atomic E-state index is 0.126. The second-order valence-corrected chi connectivity index (χ2v) is 7.82. The van der Waals surface area contributed by atoms with Gasteiger partial charge in [-0.05, 0) is 49.1 Å². The summed E-state index contributed by atoms with van der Waals surface area (Å²) in [5.41, 5.74) is 1.81. The summed E-state index contributed by atoms with van der Waals surface area (Å²) in [5.74, 6) is 0. The molecule has 0 saturated carbocycles. The molecule has 25 heavy (non-hydrogen) atoms. The lowest BCUT2D eigenvalue weighted by Gasteiger charge is -2.09. The Morgan fingerprint density at radius 2 is 1.48 bits per heavy atom. The van der Waals surface area contributed by atoms with Crippen LogP contribution in [0.25, 0.3) is 0 Å². The quantitative estimate of drug-likeness (QED) is 0.765. The van der Waals surface area contributed by atoms with E-state index in [1.165, 1.54) is 17.7 Å². The second kappa shape index (κ2) is 7.07. The topological polar surface area (TPSA) is 67.0 Å². The first-order chi connectivity index (χ1) is 12.0. The van der Waals surface area contributed by atoms with Crippen LogP contribution in [0.15, 0.2) is 81.3 Å². The summed E-state index contributed by atoms with van der Waals surface area (Å²) in [4.78, 5) is 15.1. The zero-order valence-corrected chi connectivity index (χ0v) is 14.7. The van der Waals surface area contributed by atoms with E-state index in [0.717, 1.165) is 12.1 Å². The number of sulfone groups is 1. The van der Waals surface area contributed by atoms with Crippen LogP contribution in [-0.2, 0) is 22.7 Å². The van der Waals surface area contributed by atoms with Gasteiger partial charge in [0.05, 0.1) is 4.90 Å². The first kappa shape index (κ1) is 17.2. The SMILES string of the molecule is Cc1cc(CCc2ccccc2)[nH]c(=O)c1S(=O)(=O)c1ccccc1. The van der Waals surface area contributed by atoms with Crippen LogP contribution >= 0.6 is 0 Å². The van der Waals surface area contributed by atoms with Crippen molar-refractivity contribution in [3.05, 3.63) is 93.9 Å². The van der Waals surface area contributed by atoms with Crippen molar-refractivity contribution in [2.45, 2.75) is 29.6 Å². The van der Waals surface area contributed by atoms with Gasteiger partial charge in [0.2, 0.25) is 9.84 Å². The van der Waals surface area contributed by atoms with Crippen molar-refractivity contribution in [2.24, 2.45) is 0 Å². The maximum absolute atomic E-state index is 12.7. The van der Waals surface area contributed by atoms with Gasteiger partial charge in [-0.25, -0.2) is 8.42 Å². The number of nitrogens with one attached hydrogen (secondary N) is 1. The third-order valence-corrected chi connectivity index (χ3v) is 6.01. The molecule has 3 aromatic rings. The van der Waals surface area contributed by atoms with Crippen LogP contribution in [0.5, 0.6) is 0 Å². The lowest BCUT2D eigenvalue weighted by Crippen LogP contribution is -2.21. The molecular formula is C20H19NO3S. The van der Waals surface area contributed by atoms with Crippen LogP contribution in [0, 0.1) is 6.92 Å². The highest BCUT2D eigenvalue weighted by molar-refractivity contribution is 7.91. The molecule has 1 aromatic heterocycles. The molecule has 0 atom stereocenters. The fourth-order valence-corrected chi connectivity index (χ4v) is 4.38. The molecule has 0 saturated heterocycles. The van der Waals surface area contributed by atoms with Gasteiger partial charge in [-0.3, -0.25) is 4.79 Å². The van der Waals surface area contributed by atoms with E-state index in [0.29, 0.717) is 12.0 Å². The van der Waals surface area contributed by atoms with Crippen LogP contribution in [-0.4, -0.2) is 13.4 Å². The van der Waals surface area contributed by atoms with Gasteiger partial charge in [0.25, 0.3) is 5.56 Å².